The van der Waals surface area contributed by atoms with Gasteiger partial charge < -0.3 is 4.74 Å². The number of ether oxygens (including phenoxy) is 1. The second kappa shape index (κ2) is 6.52. The van der Waals surface area contributed by atoms with Crippen LogP contribution in [-0.4, -0.2) is 27.7 Å². The Labute approximate surface area is 113 Å². The summed E-state index contributed by atoms with van der Waals surface area (Å²) < 4.78 is 31.6. The minimum atomic E-state index is -3.51. The van der Waals surface area contributed by atoms with Crippen molar-refractivity contribution in [1.29, 1.82) is 0 Å². The van der Waals surface area contributed by atoms with Gasteiger partial charge in [-0.25, -0.2) is 13.1 Å². The van der Waals surface area contributed by atoms with Gasteiger partial charge in [0.05, 0.1) is 17.6 Å². The summed E-state index contributed by atoms with van der Waals surface area (Å²) in [7, 11) is -3.51. The lowest BCUT2D eigenvalue weighted by Crippen LogP contribution is -2.28. The molecule has 1 N–H and O–H groups in total. The standard InChI is InChI=1S/C12H18ClNO3S/c1-9(2)17-7-6-14-18(15,16)11-5-4-10(3)12(13)8-11/h4-5,8-9,14H,6-7H2,1-3H3. The predicted molar refractivity (Wildman–Crippen MR) is 72.5 cm³/mol. The Bertz CT molecular complexity index is 500. The summed E-state index contributed by atoms with van der Waals surface area (Å²) in [5.74, 6) is 0. The SMILES string of the molecule is Cc1ccc(S(=O)(=O)NCCOC(C)C)cc1Cl. The normalized spacial score (nSPS) is 12.1. The number of sulfonamides is 1. The van der Waals surface area contributed by atoms with Crippen LogP contribution in [0.25, 0.3) is 0 Å². The lowest BCUT2D eigenvalue weighted by molar-refractivity contribution is 0.0834. The van der Waals surface area contributed by atoms with Crippen LogP contribution in [-0.2, 0) is 14.8 Å². The van der Waals surface area contributed by atoms with Crippen LogP contribution < -0.4 is 4.72 Å². The molecule has 0 aliphatic rings. The molecule has 1 aromatic carbocycles. The summed E-state index contributed by atoms with van der Waals surface area (Å²) in [5, 5.41) is 0.441. The first-order valence-corrected chi connectivity index (χ1v) is 7.56. The Morgan fingerprint density at radius 2 is 2.06 bits per heavy atom. The first-order valence-electron chi connectivity index (χ1n) is 5.70. The summed E-state index contributed by atoms with van der Waals surface area (Å²) in [5.41, 5.74) is 0.846. The number of hydrogen-bond acceptors (Lipinski definition) is 3. The molecule has 0 fully saturated rings. The van der Waals surface area contributed by atoms with E-state index in [-0.39, 0.29) is 17.5 Å². The fourth-order valence-corrected chi connectivity index (χ4v) is 2.58. The Balaban J connectivity index is 2.66. The minimum absolute atomic E-state index is 0.0864. The zero-order valence-electron chi connectivity index (χ0n) is 10.7. The highest BCUT2D eigenvalue weighted by Crippen LogP contribution is 2.19. The van der Waals surface area contributed by atoms with Crippen molar-refractivity contribution in [2.24, 2.45) is 0 Å². The van der Waals surface area contributed by atoms with Crippen molar-refractivity contribution in [3.63, 3.8) is 0 Å². The maximum absolute atomic E-state index is 11.9. The topological polar surface area (TPSA) is 55.4 Å². The van der Waals surface area contributed by atoms with Crippen LogP contribution in [0.4, 0.5) is 0 Å². The van der Waals surface area contributed by atoms with E-state index in [1.807, 2.05) is 20.8 Å². The van der Waals surface area contributed by atoms with Crippen molar-refractivity contribution in [3.05, 3.63) is 28.8 Å². The van der Waals surface area contributed by atoms with Gasteiger partial charge in [-0.3, -0.25) is 0 Å². The number of rotatable bonds is 6. The summed E-state index contributed by atoms with van der Waals surface area (Å²) in [4.78, 5) is 0.169. The molecule has 6 heteroatoms. The third-order valence-corrected chi connectivity index (χ3v) is 4.16. The first kappa shape index (κ1) is 15.4. The molecule has 0 heterocycles. The number of halogens is 1. The van der Waals surface area contributed by atoms with E-state index in [0.717, 1.165) is 5.56 Å². The number of benzene rings is 1. The third-order valence-electron chi connectivity index (χ3n) is 2.30. The van der Waals surface area contributed by atoms with Crippen molar-refractivity contribution < 1.29 is 13.2 Å². The summed E-state index contributed by atoms with van der Waals surface area (Å²) in [6, 6.07) is 4.66. The molecule has 0 atom stereocenters. The van der Waals surface area contributed by atoms with Gasteiger partial charge in [0.2, 0.25) is 10.0 Å². The van der Waals surface area contributed by atoms with Gasteiger partial charge in [-0.05, 0) is 38.5 Å². The molecule has 18 heavy (non-hydrogen) atoms. The zero-order valence-corrected chi connectivity index (χ0v) is 12.3. The van der Waals surface area contributed by atoms with Gasteiger partial charge >= 0.3 is 0 Å². The largest absolute Gasteiger partial charge is 0.377 e. The molecule has 0 amide bonds. The van der Waals surface area contributed by atoms with Crippen molar-refractivity contribution in [3.8, 4) is 0 Å². The van der Waals surface area contributed by atoms with E-state index in [4.69, 9.17) is 16.3 Å². The van der Waals surface area contributed by atoms with E-state index < -0.39 is 10.0 Å². The Hall–Kier alpha value is -0.620. The van der Waals surface area contributed by atoms with E-state index in [9.17, 15) is 8.42 Å². The lowest BCUT2D eigenvalue weighted by Gasteiger charge is -2.10. The molecular weight excluding hydrogens is 274 g/mol. The van der Waals surface area contributed by atoms with E-state index in [1.165, 1.54) is 12.1 Å². The fourth-order valence-electron chi connectivity index (χ4n) is 1.29. The molecule has 0 spiro atoms. The average molecular weight is 292 g/mol. The fraction of sp³-hybridized carbons (Fsp3) is 0.500. The number of nitrogens with one attached hydrogen (secondary N) is 1. The van der Waals surface area contributed by atoms with Crippen molar-refractivity contribution in [2.75, 3.05) is 13.2 Å². The smallest absolute Gasteiger partial charge is 0.240 e. The predicted octanol–water partition coefficient (Wildman–Crippen LogP) is 2.35. The number of hydrogen-bond donors (Lipinski definition) is 1. The quantitative estimate of drug-likeness (QED) is 0.819. The highest BCUT2D eigenvalue weighted by molar-refractivity contribution is 7.89. The summed E-state index contributed by atoms with van der Waals surface area (Å²) >= 11 is 5.91. The molecule has 0 unspecified atom stereocenters. The van der Waals surface area contributed by atoms with Gasteiger partial charge in [0.25, 0.3) is 0 Å². The van der Waals surface area contributed by atoms with Crippen LogP contribution in [0.1, 0.15) is 19.4 Å². The average Bonchev–Trinajstić information content (AvgIpc) is 2.28. The molecular formula is C12H18ClNO3S. The minimum Gasteiger partial charge on any atom is -0.377 e. The first-order chi connectivity index (χ1) is 8.33. The van der Waals surface area contributed by atoms with Gasteiger partial charge in [0.1, 0.15) is 0 Å². The van der Waals surface area contributed by atoms with Crippen LogP contribution in [0.2, 0.25) is 5.02 Å². The van der Waals surface area contributed by atoms with Gasteiger partial charge in [0.15, 0.2) is 0 Å². The van der Waals surface area contributed by atoms with Gasteiger partial charge in [0, 0.05) is 11.6 Å². The maximum atomic E-state index is 11.9. The molecule has 102 valence electrons. The molecule has 1 aromatic rings. The maximum Gasteiger partial charge on any atom is 0.240 e. The van der Waals surface area contributed by atoms with E-state index >= 15 is 0 Å². The van der Waals surface area contributed by atoms with E-state index in [0.29, 0.717) is 11.6 Å². The molecule has 0 bridgehead atoms. The van der Waals surface area contributed by atoms with Gasteiger partial charge in [-0.2, -0.15) is 0 Å². The van der Waals surface area contributed by atoms with Crippen LogP contribution in [0, 0.1) is 6.92 Å². The molecule has 0 saturated heterocycles. The third kappa shape index (κ3) is 4.57. The van der Waals surface area contributed by atoms with Gasteiger partial charge in [-0.15, -0.1) is 0 Å². The Kier molecular flexibility index (Phi) is 5.59. The molecule has 0 saturated carbocycles. The second-order valence-corrected chi connectivity index (χ2v) is 6.40. The highest BCUT2D eigenvalue weighted by atomic mass is 35.5. The van der Waals surface area contributed by atoms with Crippen molar-refractivity contribution in [2.45, 2.75) is 31.8 Å². The van der Waals surface area contributed by atoms with E-state index in [2.05, 4.69) is 4.72 Å². The monoisotopic (exact) mass is 291 g/mol. The summed E-state index contributed by atoms with van der Waals surface area (Å²) in [6.45, 7) is 6.20. The van der Waals surface area contributed by atoms with Crippen molar-refractivity contribution >= 4 is 21.6 Å². The molecule has 4 nitrogen and oxygen atoms in total. The van der Waals surface area contributed by atoms with Crippen LogP contribution in [0.15, 0.2) is 23.1 Å². The highest BCUT2D eigenvalue weighted by Gasteiger charge is 2.14. The van der Waals surface area contributed by atoms with E-state index in [1.54, 1.807) is 6.07 Å². The summed E-state index contributed by atoms with van der Waals surface area (Å²) in [6.07, 6.45) is 0.0864. The molecule has 0 aromatic heterocycles. The van der Waals surface area contributed by atoms with Gasteiger partial charge in [-0.1, -0.05) is 17.7 Å². The Morgan fingerprint density at radius 1 is 1.39 bits per heavy atom. The molecule has 0 aliphatic heterocycles. The van der Waals surface area contributed by atoms with Crippen LogP contribution >= 0.6 is 11.6 Å². The van der Waals surface area contributed by atoms with Crippen LogP contribution in [0.5, 0.6) is 0 Å². The Morgan fingerprint density at radius 3 is 2.61 bits per heavy atom. The molecule has 0 radical (unpaired) electrons. The van der Waals surface area contributed by atoms with Crippen LogP contribution in [0.3, 0.4) is 0 Å². The van der Waals surface area contributed by atoms with Crippen molar-refractivity contribution in [1.82, 2.24) is 4.72 Å². The molecule has 1 rings (SSSR count). The lowest BCUT2D eigenvalue weighted by atomic mass is 10.2. The zero-order chi connectivity index (χ0) is 13.8. The molecule has 0 aliphatic carbocycles. The second-order valence-electron chi connectivity index (χ2n) is 4.23. The number of aryl methyl sites for hydroxylation is 1.